The van der Waals surface area contributed by atoms with Gasteiger partial charge in [-0.1, -0.05) is 48.6 Å². The van der Waals surface area contributed by atoms with Crippen LogP contribution < -0.4 is 15.8 Å². The van der Waals surface area contributed by atoms with Gasteiger partial charge in [-0.05, 0) is 29.9 Å². The molecule has 1 heterocycles. The Hall–Kier alpha value is -3.68. The van der Waals surface area contributed by atoms with Crippen molar-refractivity contribution in [2.45, 2.75) is 49.4 Å². The number of alkyl halides is 6. The van der Waals surface area contributed by atoms with Crippen molar-refractivity contribution < 1.29 is 65.6 Å². The molecule has 0 radical (unpaired) electrons. The van der Waals surface area contributed by atoms with Crippen molar-refractivity contribution >= 4 is 59.0 Å². The first-order valence-corrected chi connectivity index (χ1v) is 15.9. The summed E-state index contributed by atoms with van der Waals surface area (Å²) in [4.78, 5) is 44.6. The van der Waals surface area contributed by atoms with E-state index >= 15 is 0 Å². The summed E-state index contributed by atoms with van der Waals surface area (Å²) in [5.74, 6) is -4.86. The predicted octanol–water partition coefficient (Wildman–Crippen LogP) is 4.06. The first-order chi connectivity index (χ1) is 22.3. The maximum Gasteiger partial charge on any atom is 0.490 e. The van der Waals surface area contributed by atoms with Gasteiger partial charge < -0.3 is 31.1 Å². The molecule has 0 bridgehead atoms. The number of hydrogen-bond donors (Lipinski definition) is 6. The number of aliphatic carboxylic acids is 3. The van der Waals surface area contributed by atoms with E-state index in [0.717, 1.165) is 16.5 Å². The molecule has 3 rings (SSSR count). The van der Waals surface area contributed by atoms with Gasteiger partial charge in [0, 0.05) is 36.7 Å². The van der Waals surface area contributed by atoms with Gasteiger partial charge in [0.25, 0.3) is 0 Å². The van der Waals surface area contributed by atoms with Gasteiger partial charge >= 0.3 is 30.3 Å². The lowest BCUT2D eigenvalue weighted by atomic mass is 10.1. The van der Waals surface area contributed by atoms with Crippen molar-refractivity contribution in [2.75, 3.05) is 30.9 Å². The highest BCUT2D eigenvalue weighted by Crippen LogP contribution is 2.29. The molecule has 1 aliphatic rings. The summed E-state index contributed by atoms with van der Waals surface area (Å²) in [6, 6.07) is 12.4. The van der Waals surface area contributed by atoms with E-state index in [1.54, 1.807) is 11.8 Å². The monoisotopic (exact) mass is 731 g/mol. The number of nitrogens with zero attached hydrogens (tertiary/aromatic N) is 1. The van der Waals surface area contributed by atoms with E-state index in [-0.39, 0.29) is 18.1 Å². The molecular weight excluding hydrogens is 696 g/mol. The minimum atomic E-state index is -5.08. The third-order valence-corrected chi connectivity index (χ3v) is 7.42. The number of nitrogens with one attached hydrogen (secondary N) is 1. The Bertz CT molecular complexity index is 1370. The maximum atomic E-state index is 13.2. The number of halogens is 6. The highest BCUT2D eigenvalue weighted by molar-refractivity contribution is 7.98. The number of likely N-dealkylation sites (tertiary alicyclic amines) is 1. The number of fused-ring (bicyclic) bond motifs is 1. The first kappa shape index (κ1) is 42.3. The highest BCUT2D eigenvalue weighted by Gasteiger charge is 2.40. The molecular formula is C29H35F6N3O8S2. The SMILES string of the molecule is CSCC[C@H](NC(=O)[C@@H]1C[C@H](Oc2cccc3ccccc23)CN1C/C=C/C(N)CS)C(=O)O.O=C(O)C(F)(F)F.O=C(O)C(F)(F)F. The van der Waals surface area contributed by atoms with Crippen molar-refractivity contribution in [3.8, 4) is 5.75 Å². The van der Waals surface area contributed by atoms with E-state index in [0.29, 0.717) is 37.4 Å². The first-order valence-electron chi connectivity index (χ1n) is 13.9. The molecule has 1 saturated heterocycles. The number of carboxylic acids is 3. The van der Waals surface area contributed by atoms with Gasteiger partial charge in [0.05, 0.1) is 6.04 Å². The molecule has 1 fully saturated rings. The number of carbonyl (C=O) groups is 4. The van der Waals surface area contributed by atoms with Crippen molar-refractivity contribution in [1.29, 1.82) is 0 Å². The van der Waals surface area contributed by atoms with Crippen molar-refractivity contribution in [1.82, 2.24) is 10.2 Å². The van der Waals surface area contributed by atoms with Gasteiger partial charge in [-0.15, -0.1) is 0 Å². The molecule has 0 aromatic heterocycles. The van der Waals surface area contributed by atoms with Crippen LogP contribution in [0.1, 0.15) is 12.8 Å². The Morgan fingerprint density at radius 1 is 1.04 bits per heavy atom. The Morgan fingerprint density at radius 3 is 2.12 bits per heavy atom. The number of carboxylic acid groups (broad SMARTS) is 3. The van der Waals surface area contributed by atoms with Crippen molar-refractivity contribution in [3.63, 3.8) is 0 Å². The number of hydrogen-bond acceptors (Lipinski definition) is 9. The zero-order valence-electron chi connectivity index (χ0n) is 25.3. The molecule has 48 heavy (non-hydrogen) atoms. The fourth-order valence-electron chi connectivity index (χ4n) is 4.09. The summed E-state index contributed by atoms with van der Waals surface area (Å²) < 4.78 is 69.8. The van der Waals surface area contributed by atoms with E-state index in [4.69, 9.17) is 30.3 Å². The molecule has 11 nitrogen and oxygen atoms in total. The molecule has 0 spiro atoms. The quantitative estimate of drug-likeness (QED) is 0.105. The Kier molecular flexibility index (Phi) is 17.6. The molecule has 2 aromatic carbocycles. The van der Waals surface area contributed by atoms with Crippen LogP contribution in [0.2, 0.25) is 0 Å². The number of ether oxygens (including phenoxy) is 1. The van der Waals surface area contributed by atoms with Crippen LogP contribution in [-0.2, 0) is 19.2 Å². The molecule has 0 saturated carbocycles. The van der Waals surface area contributed by atoms with Crippen molar-refractivity contribution in [3.05, 3.63) is 54.6 Å². The number of amides is 1. The van der Waals surface area contributed by atoms with E-state index in [2.05, 4.69) is 17.9 Å². The fourth-order valence-corrected chi connectivity index (χ4v) is 4.69. The molecule has 0 aliphatic carbocycles. The van der Waals surface area contributed by atoms with Crippen LogP contribution in [0.15, 0.2) is 54.6 Å². The van der Waals surface area contributed by atoms with Gasteiger partial charge in [0.2, 0.25) is 5.91 Å². The van der Waals surface area contributed by atoms with E-state index < -0.39 is 42.3 Å². The summed E-state index contributed by atoms with van der Waals surface area (Å²) >= 11 is 5.75. The minimum Gasteiger partial charge on any atom is -0.488 e. The average molecular weight is 732 g/mol. The van der Waals surface area contributed by atoms with Gasteiger partial charge in [0.15, 0.2) is 0 Å². The number of nitrogens with two attached hydrogens (primary N) is 1. The number of thiol groups is 1. The summed E-state index contributed by atoms with van der Waals surface area (Å²) in [6.07, 6.45) is -3.81. The zero-order chi connectivity index (χ0) is 36.7. The maximum absolute atomic E-state index is 13.2. The van der Waals surface area contributed by atoms with Crippen LogP contribution in [0.5, 0.6) is 5.75 Å². The normalized spacial score (nSPS) is 17.8. The summed E-state index contributed by atoms with van der Waals surface area (Å²) in [5.41, 5.74) is 5.93. The third-order valence-electron chi connectivity index (χ3n) is 6.36. The number of thioether (sulfide) groups is 1. The number of carbonyl (C=O) groups excluding carboxylic acids is 1. The van der Waals surface area contributed by atoms with Gasteiger partial charge in [-0.25, -0.2) is 14.4 Å². The second-order valence-corrected chi connectivity index (χ2v) is 11.3. The van der Waals surface area contributed by atoms with E-state index in [9.17, 15) is 41.0 Å². The molecule has 1 amide bonds. The third kappa shape index (κ3) is 15.0. The summed E-state index contributed by atoms with van der Waals surface area (Å²) in [6.45, 7) is 1.06. The molecule has 1 aliphatic heterocycles. The van der Waals surface area contributed by atoms with Crippen LogP contribution in [0.3, 0.4) is 0 Å². The standard InChI is InChI=1S/C25H33N3O4S2.2C2HF3O2/c1-34-13-11-21(25(30)31)27-24(29)22-14-19(15-28(22)12-5-8-18(26)16-33)32-23-10-4-7-17-6-2-3-9-20(17)23;2*3-2(4,5)1(6)7/h2-10,18-19,21-22,33H,11-16,26H2,1H3,(H,27,29)(H,30,31);2*(H,6,7)/b8-5+;;/t18?,19-,21-,22-;;/m0../s1. The summed E-state index contributed by atoms with van der Waals surface area (Å²) in [5, 5.41) is 28.6. The molecule has 2 aromatic rings. The zero-order valence-corrected chi connectivity index (χ0v) is 27.0. The molecule has 268 valence electrons. The lowest BCUT2D eigenvalue weighted by Crippen LogP contribution is -2.49. The minimum absolute atomic E-state index is 0.163. The van der Waals surface area contributed by atoms with Crippen LogP contribution >= 0.6 is 24.4 Å². The number of rotatable bonds is 12. The lowest BCUT2D eigenvalue weighted by molar-refractivity contribution is -0.193. The topological polar surface area (TPSA) is 179 Å². The number of benzene rings is 2. The smallest absolute Gasteiger partial charge is 0.488 e. The Morgan fingerprint density at radius 2 is 1.60 bits per heavy atom. The Balaban J connectivity index is 0.000000687. The Labute approximate surface area is 280 Å². The molecule has 4 atom stereocenters. The predicted molar refractivity (Wildman–Crippen MR) is 169 cm³/mol. The summed E-state index contributed by atoms with van der Waals surface area (Å²) in [7, 11) is 0. The van der Waals surface area contributed by atoms with Gasteiger partial charge in [-0.2, -0.15) is 50.7 Å². The van der Waals surface area contributed by atoms with Crippen LogP contribution in [0, 0.1) is 0 Å². The largest absolute Gasteiger partial charge is 0.490 e. The second kappa shape index (κ2) is 20.0. The van der Waals surface area contributed by atoms with Crippen molar-refractivity contribution in [2.24, 2.45) is 5.73 Å². The fraction of sp³-hybridized carbons (Fsp3) is 0.448. The molecule has 1 unspecified atom stereocenters. The highest BCUT2D eigenvalue weighted by atomic mass is 32.2. The van der Waals surface area contributed by atoms with Gasteiger partial charge in [-0.3, -0.25) is 9.69 Å². The van der Waals surface area contributed by atoms with Crippen LogP contribution in [-0.4, -0.2) is 111 Å². The van der Waals surface area contributed by atoms with Gasteiger partial charge in [0.1, 0.15) is 17.9 Å². The van der Waals surface area contributed by atoms with Crippen LogP contribution in [0.4, 0.5) is 26.3 Å². The molecule has 19 heteroatoms. The van der Waals surface area contributed by atoms with E-state index in [1.807, 2.05) is 65.8 Å². The lowest BCUT2D eigenvalue weighted by Gasteiger charge is -2.24. The molecule has 6 N–H and O–H groups in total. The van der Waals surface area contributed by atoms with E-state index in [1.165, 1.54) is 0 Å². The average Bonchev–Trinajstić information content (AvgIpc) is 3.41. The van der Waals surface area contributed by atoms with Crippen LogP contribution in [0.25, 0.3) is 10.8 Å². The second-order valence-electron chi connectivity index (χ2n) is 9.98.